The number of primary amides is 1. The van der Waals surface area contributed by atoms with Gasteiger partial charge in [0.25, 0.3) is 0 Å². The molecule has 0 spiro atoms. The van der Waals surface area contributed by atoms with Crippen LogP contribution in [0.4, 0.5) is 10.1 Å². The number of halogens is 1. The SMILES string of the molecule is NC(=O)c1ccc(NC2(C(=O)O)CCC2)c(F)c1. The Morgan fingerprint density at radius 2 is 2.06 bits per heavy atom. The monoisotopic (exact) mass is 252 g/mol. The van der Waals surface area contributed by atoms with Crippen molar-refractivity contribution in [2.45, 2.75) is 24.8 Å². The molecule has 2 rings (SSSR count). The van der Waals surface area contributed by atoms with Gasteiger partial charge in [-0.15, -0.1) is 0 Å². The lowest BCUT2D eigenvalue weighted by atomic mass is 9.76. The number of carboxylic acids is 1. The van der Waals surface area contributed by atoms with Crippen molar-refractivity contribution in [3.8, 4) is 0 Å². The van der Waals surface area contributed by atoms with Crippen LogP contribution in [0.5, 0.6) is 0 Å². The number of hydrogen-bond donors (Lipinski definition) is 3. The van der Waals surface area contributed by atoms with E-state index in [2.05, 4.69) is 5.32 Å². The van der Waals surface area contributed by atoms with Crippen molar-refractivity contribution < 1.29 is 19.1 Å². The number of carbonyl (C=O) groups is 2. The molecule has 0 unspecified atom stereocenters. The number of carbonyl (C=O) groups excluding carboxylic acids is 1. The summed E-state index contributed by atoms with van der Waals surface area (Å²) in [7, 11) is 0. The van der Waals surface area contributed by atoms with E-state index in [0.29, 0.717) is 12.8 Å². The summed E-state index contributed by atoms with van der Waals surface area (Å²) in [5, 5.41) is 11.8. The van der Waals surface area contributed by atoms with Crippen molar-refractivity contribution in [1.29, 1.82) is 0 Å². The second kappa shape index (κ2) is 4.29. The fourth-order valence-corrected chi connectivity index (χ4v) is 1.95. The molecule has 0 radical (unpaired) electrons. The zero-order valence-corrected chi connectivity index (χ0v) is 9.57. The molecule has 18 heavy (non-hydrogen) atoms. The smallest absolute Gasteiger partial charge is 0.329 e. The van der Waals surface area contributed by atoms with Crippen LogP contribution in [-0.2, 0) is 4.79 Å². The number of nitrogens with two attached hydrogens (primary N) is 1. The Bertz CT molecular complexity index is 512. The van der Waals surface area contributed by atoms with Crippen LogP contribution < -0.4 is 11.1 Å². The van der Waals surface area contributed by atoms with Gasteiger partial charge in [-0.3, -0.25) is 4.79 Å². The normalized spacial score (nSPS) is 16.7. The van der Waals surface area contributed by atoms with Gasteiger partial charge in [-0.2, -0.15) is 0 Å². The van der Waals surface area contributed by atoms with Crippen LogP contribution in [0.1, 0.15) is 29.6 Å². The van der Waals surface area contributed by atoms with Crippen LogP contribution in [-0.4, -0.2) is 22.5 Å². The highest BCUT2D eigenvalue weighted by molar-refractivity contribution is 5.93. The maximum atomic E-state index is 13.7. The molecule has 0 bridgehead atoms. The zero-order valence-electron chi connectivity index (χ0n) is 9.57. The highest BCUT2D eigenvalue weighted by atomic mass is 19.1. The summed E-state index contributed by atoms with van der Waals surface area (Å²) >= 11 is 0. The number of hydrogen-bond acceptors (Lipinski definition) is 3. The quantitative estimate of drug-likeness (QED) is 0.754. The van der Waals surface area contributed by atoms with Gasteiger partial charge in [-0.05, 0) is 37.5 Å². The minimum Gasteiger partial charge on any atom is -0.480 e. The van der Waals surface area contributed by atoms with Gasteiger partial charge in [-0.25, -0.2) is 9.18 Å². The van der Waals surface area contributed by atoms with E-state index in [0.717, 1.165) is 12.5 Å². The second-order valence-corrected chi connectivity index (χ2v) is 4.42. The molecule has 6 heteroatoms. The van der Waals surface area contributed by atoms with Crippen molar-refractivity contribution in [2.75, 3.05) is 5.32 Å². The summed E-state index contributed by atoms with van der Waals surface area (Å²) < 4.78 is 13.7. The van der Waals surface area contributed by atoms with E-state index in [1.54, 1.807) is 0 Å². The first kappa shape index (κ1) is 12.3. The first-order chi connectivity index (χ1) is 8.44. The lowest BCUT2D eigenvalue weighted by Gasteiger charge is -2.39. The van der Waals surface area contributed by atoms with Crippen LogP contribution in [0.15, 0.2) is 18.2 Å². The highest BCUT2D eigenvalue weighted by Gasteiger charge is 2.44. The number of carboxylic acid groups (broad SMARTS) is 1. The molecule has 96 valence electrons. The van der Waals surface area contributed by atoms with Crippen molar-refractivity contribution in [2.24, 2.45) is 5.73 Å². The molecule has 1 aromatic rings. The topological polar surface area (TPSA) is 92.4 Å². The number of nitrogens with one attached hydrogen (secondary N) is 1. The maximum absolute atomic E-state index is 13.7. The Hall–Kier alpha value is -2.11. The van der Waals surface area contributed by atoms with E-state index in [4.69, 9.17) is 10.8 Å². The Morgan fingerprint density at radius 3 is 2.44 bits per heavy atom. The van der Waals surface area contributed by atoms with Crippen molar-refractivity contribution >= 4 is 17.6 Å². The molecule has 1 saturated carbocycles. The summed E-state index contributed by atoms with van der Waals surface area (Å²) in [6.45, 7) is 0. The molecule has 0 aromatic heterocycles. The van der Waals surface area contributed by atoms with Gasteiger partial charge in [0.2, 0.25) is 5.91 Å². The minimum absolute atomic E-state index is 0.0519. The average molecular weight is 252 g/mol. The molecule has 4 N–H and O–H groups in total. The molecule has 1 amide bonds. The first-order valence-corrected chi connectivity index (χ1v) is 5.55. The van der Waals surface area contributed by atoms with Gasteiger partial charge in [0.15, 0.2) is 0 Å². The molecule has 5 nitrogen and oxygen atoms in total. The van der Waals surface area contributed by atoms with Crippen LogP contribution >= 0.6 is 0 Å². The van der Waals surface area contributed by atoms with Gasteiger partial charge in [0, 0.05) is 5.56 Å². The van der Waals surface area contributed by atoms with Gasteiger partial charge < -0.3 is 16.2 Å². The number of anilines is 1. The van der Waals surface area contributed by atoms with E-state index in [-0.39, 0.29) is 11.3 Å². The summed E-state index contributed by atoms with van der Waals surface area (Å²) in [5.74, 6) is -2.40. The minimum atomic E-state index is -1.09. The third-order valence-electron chi connectivity index (χ3n) is 3.24. The lowest BCUT2D eigenvalue weighted by molar-refractivity contribution is -0.145. The third kappa shape index (κ3) is 2.01. The average Bonchev–Trinajstić information content (AvgIpc) is 2.24. The number of amides is 1. The fourth-order valence-electron chi connectivity index (χ4n) is 1.95. The molecule has 0 aliphatic heterocycles. The molecule has 0 atom stereocenters. The number of benzene rings is 1. The first-order valence-electron chi connectivity index (χ1n) is 5.55. The highest BCUT2D eigenvalue weighted by Crippen LogP contribution is 2.36. The van der Waals surface area contributed by atoms with Crippen LogP contribution in [0.25, 0.3) is 0 Å². The summed E-state index contributed by atoms with van der Waals surface area (Å²) in [4.78, 5) is 22.0. The molecule has 0 heterocycles. The second-order valence-electron chi connectivity index (χ2n) is 4.42. The Kier molecular flexibility index (Phi) is 2.94. The summed E-state index contributed by atoms with van der Waals surface area (Å²) in [6.07, 6.45) is 1.71. The van der Waals surface area contributed by atoms with E-state index < -0.39 is 23.2 Å². The van der Waals surface area contributed by atoms with Crippen molar-refractivity contribution in [3.63, 3.8) is 0 Å². The number of aliphatic carboxylic acids is 1. The Labute approximate surface area is 103 Å². The van der Waals surface area contributed by atoms with Crippen molar-refractivity contribution in [3.05, 3.63) is 29.6 Å². The lowest BCUT2D eigenvalue weighted by Crippen LogP contribution is -2.52. The molecule has 1 aromatic carbocycles. The molecule has 1 fully saturated rings. The summed E-state index contributed by atoms with van der Waals surface area (Å²) in [6, 6.07) is 3.69. The van der Waals surface area contributed by atoms with Gasteiger partial charge in [0.1, 0.15) is 11.4 Å². The Balaban J connectivity index is 2.24. The predicted octanol–water partition coefficient (Wildman–Crippen LogP) is 1.34. The number of rotatable bonds is 4. The van der Waals surface area contributed by atoms with E-state index in [1.807, 2.05) is 0 Å². The van der Waals surface area contributed by atoms with Crippen LogP contribution in [0.2, 0.25) is 0 Å². The van der Waals surface area contributed by atoms with E-state index in [9.17, 15) is 14.0 Å². The largest absolute Gasteiger partial charge is 0.480 e. The maximum Gasteiger partial charge on any atom is 0.329 e. The van der Waals surface area contributed by atoms with Crippen LogP contribution in [0, 0.1) is 5.82 Å². The van der Waals surface area contributed by atoms with Gasteiger partial charge in [-0.1, -0.05) is 0 Å². The zero-order chi connectivity index (χ0) is 13.3. The third-order valence-corrected chi connectivity index (χ3v) is 3.24. The molecular formula is C12H13FN2O3. The predicted molar refractivity (Wildman–Crippen MR) is 62.8 cm³/mol. The molecular weight excluding hydrogens is 239 g/mol. The Morgan fingerprint density at radius 1 is 1.39 bits per heavy atom. The molecule has 1 aliphatic rings. The van der Waals surface area contributed by atoms with E-state index in [1.165, 1.54) is 12.1 Å². The van der Waals surface area contributed by atoms with Crippen LogP contribution in [0.3, 0.4) is 0 Å². The molecule has 0 saturated heterocycles. The summed E-state index contributed by atoms with van der Waals surface area (Å²) in [5.41, 5.74) is 4.06. The van der Waals surface area contributed by atoms with Gasteiger partial charge >= 0.3 is 5.97 Å². The van der Waals surface area contributed by atoms with Gasteiger partial charge in [0.05, 0.1) is 5.69 Å². The van der Waals surface area contributed by atoms with Crippen molar-refractivity contribution in [1.82, 2.24) is 0 Å². The molecule has 1 aliphatic carbocycles. The standard InChI is InChI=1S/C12H13FN2O3/c13-8-6-7(10(14)16)2-3-9(8)15-12(11(17)18)4-1-5-12/h2-3,6,15H,1,4-5H2,(H2,14,16)(H,17,18). The van der Waals surface area contributed by atoms with E-state index >= 15 is 0 Å². The fraction of sp³-hybridized carbons (Fsp3) is 0.333.